The van der Waals surface area contributed by atoms with Crippen LogP contribution in [0.25, 0.3) is 6.08 Å². The van der Waals surface area contributed by atoms with Gasteiger partial charge in [0.15, 0.2) is 11.5 Å². The zero-order valence-corrected chi connectivity index (χ0v) is 15.2. The van der Waals surface area contributed by atoms with Gasteiger partial charge in [0.05, 0.1) is 0 Å². The molecule has 3 heterocycles. The zero-order valence-electron chi connectivity index (χ0n) is 15.2. The molecule has 0 saturated carbocycles. The van der Waals surface area contributed by atoms with Crippen LogP contribution in [-0.2, 0) is 4.79 Å². The first-order valence-electron chi connectivity index (χ1n) is 9.13. The quantitative estimate of drug-likeness (QED) is 0.838. The highest BCUT2D eigenvalue weighted by Gasteiger charge is 2.17. The third kappa shape index (κ3) is 4.19. The molecule has 1 fully saturated rings. The lowest BCUT2D eigenvalue weighted by atomic mass is 9.99. The first-order chi connectivity index (χ1) is 13.2. The maximum absolute atomic E-state index is 12.2. The number of aromatic nitrogens is 2. The highest BCUT2D eigenvalue weighted by Crippen LogP contribution is 2.32. The Balaban J connectivity index is 1.38. The van der Waals surface area contributed by atoms with E-state index in [0.717, 1.165) is 49.0 Å². The molecule has 0 bridgehead atoms. The van der Waals surface area contributed by atoms with Crippen molar-refractivity contribution in [2.24, 2.45) is 5.92 Å². The molecular weight excluding hydrogens is 344 g/mol. The van der Waals surface area contributed by atoms with Crippen LogP contribution >= 0.6 is 0 Å². The van der Waals surface area contributed by atoms with E-state index in [2.05, 4.69) is 27.1 Å². The van der Waals surface area contributed by atoms with Crippen molar-refractivity contribution >= 4 is 23.6 Å². The molecule has 0 spiro atoms. The van der Waals surface area contributed by atoms with Crippen molar-refractivity contribution in [1.29, 1.82) is 0 Å². The number of ether oxygens (including phenoxy) is 2. The molecule has 0 atom stereocenters. The molecule has 4 rings (SSSR count). The number of nitrogens with one attached hydrogen (secondary N) is 1. The van der Waals surface area contributed by atoms with E-state index in [9.17, 15) is 4.79 Å². The molecule has 2 aliphatic rings. The lowest BCUT2D eigenvalue weighted by Crippen LogP contribution is -2.33. The highest BCUT2D eigenvalue weighted by molar-refractivity contribution is 6.01. The minimum Gasteiger partial charge on any atom is -0.454 e. The second-order valence-corrected chi connectivity index (χ2v) is 6.87. The molecule has 1 amide bonds. The van der Waals surface area contributed by atoms with Crippen LogP contribution in [-0.4, -0.2) is 35.8 Å². The van der Waals surface area contributed by atoms with E-state index in [1.807, 2.05) is 24.3 Å². The molecule has 0 unspecified atom stereocenters. The number of anilines is 2. The van der Waals surface area contributed by atoms with E-state index >= 15 is 0 Å². The maximum Gasteiger partial charge on any atom is 0.249 e. The van der Waals surface area contributed by atoms with Gasteiger partial charge in [-0.1, -0.05) is 13.0 Å². The normalized spacial score (nSPS) is 16.7. The fourth-order valence-corrected chi connectivity index (χ4v) is 3.18. The minimum absolute atomic E-state index is 0.231. The van der Waals surface area contributed by atoms with Crippen LogP contribution in [0.5, 0.6) is 11.5 Å². The van der Waals surface area contributed by atoms with Gasteiger partial charge in [0.1, 0.15) is 18.0 Å². The van der Waals surface area contributed by atoms with Crippen molar-refractivity contribution in [2.45, 2.75) is 19.8 Å². The number of rotatable bonds is 4. The Labute approximate surface area is 158 Å². The average molecular weight is 366 g/mol. The molecular formula is C20H22N4O3. The molecule has 2 aromatic rings. The van der Waals surface area contributed by atoms with Crippen molar-refractivity contribution in [2.75, 3.05) is 30.1 Å². The summed E-state index contributed by atoms with van der Waals surface area (Å²) in [6.07, 6.45) is 7.01. The molecule has 1 saturated heterocycles. The summed E-state index contributed by atoms with van der Waals surface area (Å²) in [5, 5.41) is 2.79. The fourth-order valence-electron chi connectivity index (χ4n) is 3.18. The number of carbonyl (C=O) groups excluding carboxylic acids is 1. The average Bonchev–Trinajstić information content (AvgIpc) is 3.15. The first-order valence-corrected chi connectivity index (χ1v) is 9.13. The van der Waals surface area contributed by atoms with Crippen molar-refractivity contribution in [3.8, 4) is 11.5 Å². The predicted octanol–water partition coefficient (Wildman–Crippen LogP) is 3.09. The fraction of sp³-hybridized carbons (Fsp3) is 0.350. The van der Waals surface area contributed by atoms with Crippen LogP contribution in [0, 0.1) is 5.92 Å². The largest absolute Gasteiger partial charge is 0.454 e. The minimum atomic E-state index is -0.246. The molecule has 140 valence electrons. The first kappa shape index (κ1) is 17.3. The zero-order chi connectivity index (χ0) is 18.6. The Kier molecular flexibility index (Phi) is 4.91. The molecule has 7 heteroatoms. The summed E-state index contributed by atoms with van der Waals surface area (Å²) in [5.41, 5.74) is 0.861. The Morgan fingerprint density at radius 2 is 2.00 bits per heavy atom. The van der Waals surface area contributed by atoms with Gasteiger partial charge >= 0.3 is 0 Å². The summed E-state index contributed by atoms with van der Waals surface area (Å²) in [6, 6.07) is 7.36. The van der Waals surface area contributed by atoms with Gasteiger partial charge in [-0.15, -0.1) is 0 Å². The van der Waals surface area contributed by atoms with Gasteiger partial charge in [-0.25, -0.2) is 9.97 Å². The van der Waals surface area contributed by atoms with Crippen LogP contribution in [0.3, 0.4) is 0 Å². The monoisotopic (exact) mass is 366 g/mol. The maximum atomic E-state index is 12.2. The highest BCUT2D eigenvalue weighted by atomic mass is 16.7. The molecule has 7 nitrogen and oxygen atoms in total. The van der Waals surface area contributed by atoms with Gasteiger partial charge in [0, 0.05) is 25.2 Å². The van der Waals surface area contributed by atoms with Gasteiger partial charge in [-0.3, -0.25) is 4.79 Å². The molecule has 1 aromatic heterocycles. The van der Waals surface area contributed by atoms with E-state index in [0.29, 0.717) is 11.6 Å². The summed E-state index contributed by atoms with van der Waals surface area (Å²) in [4.78, 5) is 23.0. The van der Waals surface area contributed by atoms with Crippen molar-refractivity contribution in [3.63, 3.8) is 0 Å². The van der Waals surface area contributed by atoms with Gasteiger partial charge in [-0.2, -0.15) is 0 Å². The summed E-state index contributed by atoms with van der Waals surface area (Å²) in [7, 11) is 0. The van der Waals surface area contributed by atoms with E-state index < -0.39 is 0 Å². The van der Waals surface area contributed by atoms with E-state index in [-0.39, 0.29) is 12.7 Å². The topological polar surface area (TPSA) is 76.6 Å². The number of hydrogen-bond donors (Lipinski definition) is 1. The van der Waals surface area contributed by atoms with E-state index in [4.69, 9.17) is 9.47 Å². The number of fused-ring (bicyclic) bond motifs is 1. The Bertz CT molecular complexity index is 860. The number of piperidine rings is 1. The standard InChI is InChI=1S/C20H22N4O3/c1-14-6-8-24(9-7-14)19-11-18(21-12-22-19)23-20(25)5-3-15-2-4-16-17(10-15)27-13-26-16/h2-5,10-12,14H,6-9,13H2,1H3,(H,21,22,23,25)/b5-3+. The van der Waals surface area contributed by atoms with Crippen molar-refractivity contribution < 1.29 is 14.3 Å². The SMILES string of the molecule is CC1CCN(c2cc(NC(=O)/C=C/c3ccc4c(c3)OCO4)ncn2)CC1. The van der Waals surface area contributed by atoms with E-state index in [1.165, 1.54) is 12.4 Å². The van der Waals surface area contributed by atoms with Gasteiger partial charge in [-0.05, 0) is 42.5 Å². The van der Waals surface area contributed by atoms with Crippen LogP contribution in [0.15, 0.2) is 36.7 Å². The molecule has 0 aliphatic carbocycles. The second kappa shape index (κ2) is 7.65. The lowest BCUT2D eigenvalue weighted by molar-refractivity contribution is -0.111. The number of hydrogen-bond acceptors (Lipinski definition) is 6. The third-order valence-corrected chi connectivity index (χ3v) is 4.84. The van der Waals surface area contributed by atoms with Crippen LogP contribution in [0.2, 0.25) is 0 Å². The molecule has 0 radical (unpaired) electrons. The summed E-state index contributed by atoms with van der Waals surface area (Å²) < 4.78 is 10.6. The van der Waals surface area contributed by atoms with Gasteiger partial charge < -0.3 is 19.7 Å². The van der Waals surface area contributed by atoms with Crippen LogP contribution < -0.4 is 19.7 Å². The summed E-state index contributed by atoms with van der Waals surface area (Å²) in [6.45, 7) is 4.47. The van der Waals surface area contributed by atoms with Gasteiger partial charge in [0.2, 0.25) is 12.7 Å². The second-order valence-electron chi connectivity index (χ2n) is 6.87. The van der Waals surface area contributed by atoms with Gasteiger partial charge in [0.25, 0.3) is 0 Å². The number of carbonyl (C=O) groups is 1. The molecule has 2 aliphatic heterocycles. The lowest BCUT2D eigenvalue weighted by Gasteiger charge is -2.31. The Morgan fingerprint density at radius 3 is 2.85 bits per heavy atom. The Morgan fingerprint density at radius 1 is 1.19 bits per heavy atom. The number of nitrogens with zero attached hydrogens (tertiary/aromatic N) is 3. The van der Waals surface area contributed by atoms with Crippen LogP contribution in [0.1, 0.15) is 25.3 Å². The number of amides is 1. The van der Waals surface area contributed by atoms with Crippen molar-refractivity contribution in [3.05, 3.63) is 42.2 Å². The number of benzene rings is 1. The van der Waals surface area contributed by atoms with Crippen molar-refractivity contribution in [1.82, 2.24) is 9.97 Å². The van der Waals surface area contributed by atoms with E-state index in [1.54, 1.807) is 6.08 Å². The smallest absolute Gasteiger partial charge is 0.249 e. The Hall–Kier alpha value is -3.09. The summed E-state index contributed by atoms with van der Waals surface area (Å²) in [5.74, 6) is 3.27. The molecule has 1 aromatic carbocycles. The molecule has 1 N–H and O–H groups in total. The third-order valence-electron chi connectivity index (χ3n) is 4.84. The molecule has 27 heavy (non-hydrogen) atoms. The van der Waals surface area contributed by atoms with Crippen LogP contribution in [0.4, 0.5) is 11.6 Å². The summed E-state index contributed by atoms with van der Waals surface area (Å²) >= 11 is 0. The predicted molar refractivity (Wildman–Crippen MR) is 103 cm³/mol.